The smallest absolute Gasteiger partial charge is 0.255 e. The number of hydrogen-bond acceptors (Lipinski definition) is 5. The van der Waals surface area contributed by atoms with Crippen molar-refractivity contribution in [3.63, 3.8) is 0 Å². The number of benzene rings is 1. The average Bonchev–Trinajstić information content (AvgIpc) is 2.72. The van der Waals surface area contributed by atoms with E-state index in [-0.39, 0.29) is 24.7 Å². The number of fused-ring (bicyclic) bond motifs is 1. The molecule has 0 saturated carbocycles. The first-order chi connectivity index (χ1) is 13.6. The largest absolute Gasteiger partial charge is 0.492 e. The van der Waals surface area contributed by atoms with E-state index < -0.39 is 0 Å². The maximum atomic E-state index is 12.8. The van der Waals surface area contributed by atoms with E-state index in [1.807, 2.05) is 29.2 Å². The molecule has 2 aliphatic rings. The predicted molar refractivity (Wildman–Crippen MR) is 104 cm³/mol. The van der Waals surface area contributed by atoms with Crippen LogP contribution in [-0.2, 0) is 11.2 Å². The van der Waals surface area contributed by atoms with E-state index >= 15 is 0 Å². The first-order valence-electron chi connectivity index (χ1n) is 9.40. The first kappa shape index (κ1) is 18.7. The number of likely N-dealkylation sites (tertiary alicyclic amines) is 1. The van der Waals surface area contributed by atoms with Gasteiger partial charge >= 0.3 is 0 Å². The molecule has 3 heterocycles. The minimum atomic E-state index is -0.0567. The molecule has 28 heavy (non-hydrogen) atoms. The van der Waals surface area contributed by atoms with Gasteiger partial charge in [0.1, 0.15) is 12.4 Å². The molecule has 1 aromatic heterocycles. The zero-order valence-electron chi connectivity index (χ0n) is 15.4. The Labute approximate surface area is 168 Å². The highest BCUT2D eigenvalue weighted by atomic mass is 35.5. The van der Waals surface area contributed by atoms with E-state index in [2.05, 4.69) is 4.98 Å². The summed E-state index contributed by atoms with van der Waals surface area (Å²) < 4.78 is 11.1. The Bertz CT molecular complexity index is 894. The molecule has 146 valence electrons. The van der Waals surface area contributed by atoms with Gasteiger partial charge in [0.2, 0.25) is 5.88 Å². The molecule has 0 aliphatic carbocycles. The van der Waals surface area contributed by atoms with Crippen LogP contribution in [0.15, 0.2) is 36.5 Å². The lowest BCUT2D eigenvalue weighted by Gasteiger charge is -2.32. The van der Waals surface area contributed by atoms with Crippen molar-refractivity contribution in [3.8, 4) is 11.6 Å². The molecule has 2 aliphatic heterocycles. The zero-order valence-corrected chi connectivity index (χ0v) is 16.2. The highest BCUT2D eigenvalue weighted by Gasteiger charge is 2.26. The number of Topliss-reactive ketones (excluding diaryl/α,β-unsaturated/α-hetero) is 1. The van der Waals surface area contributed by atoms with Crippen molar-refractivity contribution in [3.05, 3.63) is 52.7 Å². The number of para-hydroxylation sites is 1. The number of ketones is 1. The van der Waals surface area contributed by atoms with Crippen molar-refractivity contribution in [1.82, 2.24) is 9.88 Å². The molecule has 1 aromatic carbocycles. The number of ether oxygens (including phenoxy) is 2. The molecule has 0 atom stereocenters. The van der Waals surface area contributed by atoms with Crippen LogP contribution >= 0.6 is 11.6 Å². The van der Waals surface area contributed by atoms with Gasteiger partial charge in [-0.05, 0) is 37.0 Å². The molecule has 1 fully saturated rings. The summed E-state index contributed by atoms with van der Waals surface area (Å²) in [7, 11) is 0. The molecule has 0 radical (unpaired) electrons. The number of pyridine rings is 1. The third-order valence-electron chi connectivity index (χ3n) is 5.14. The van der Waals surface area contributed by atoms with Gasteiger partial charge in [-0.1, -0.05) is 23.7 Å². The van der Waals surface area contributed by atoms with E-state index in [1.54, 1.807) is 6.07 Å². The zero-order chi connectivity index (χ0) is 19.5. The van der Waals surface area contributed by atoms with Crippen LogP contribution in [-0.4, -0.2) is 47.9 Å². The Balaban J connectivity index is 1.32. The number of carbonyl (C=O) groups is 2. The summed E-state index contributed by atoms with van der Waals surface area (Å²) in [6.07, 6.45) is 3.54. The van der Waals surface area contributed by atoms with Crippen LogP contribution in [0.4, 0.5) is 0 Å². The number of hydrogen-bond donors (Lipinski definition) is 0. The van der Waals surface area contributed by atoms with Crippen molar-refractivity contribution < 1.29 is 19.1 Å². The highest BCUT2D eigenvalue weighted by molar-refractivity contribution is 6.32. The molecule has 7 heteroatoms. The normalized spacial score (nSPS) is 17.0. The molecular weight excluding hydrogens is 380 g/mol. The lowest BCUT2D eigenvalue weighted by molar-refractivity contribution is -0.121. The van der Waals surface area contributed by atoms with Gasteiger partial charge in [0.05, 0.1) is 17.2 Å². The summed E-state index contributed by atoms with van der Waals surface area (Å²) in [5.74, 6) is 1.47. The summed E-state index contributed by atoms with van der Waals surface area (Å²) >= 11 is 6.12. The topological polar surface area (TPSA) is 68.7 Å². The SMILES string of the molecule is O=C1COc2ncc(C(=O)N3CCC(COc4ccccc4Cl)CC3)cc2C1. The van der Waals surface area contributed by atoms with Gasteiger partial charge in [-0.25, -0.2) is 4.98 Å². The minimum absolute atomic E-state index is 0.00164. The predicted octanol–water partition coefficient (Wildman–Crippen LogP) is 3.17. The van der Waals surface area contributed by atoms with Crippen LogP contribution in [0.2, 0.25) is 5.02 Å². The van der Waals surface area contributed by atoms with Gasteiger partial charge < -0.3 is 14.4 Å². The fourth-order valence-corrected chi connectivity index (χ4v) is 3.73. The fraction of sp³-hybridized carbons (Fsp3) is 0.381. The van der Waals surface area contributed by atoms with Crippen LogP contribution in [0.25, 0.3) is 0 Å². The molecular formula is C21H21ClN2O4. The second-order valence-corrected chi connectivity index (χ2v) is 7.58. The molecule has 0 unspecified atom stereocenters. The maximum Gasteiger partial charge on any atom is 0.255 e. The number of carbonyl (C=O) groups excluding carboxylic acids is 2. The molecule has 0 N–H and O–H groups in total. The van der Waals surface area contributed by atoms with Crippen molar-refractivity contribution >= 4 is 23.3 Å². The Hall–Kier alpha value is -2.60. The van der Waals surface area contributed by atoms with Crippen LogP contribution in [0.1, 0.15) is 28.8 Å². The summed E-state index contributed by atoms with van der Waals surface area (Å²) in [6.45, 7) is 1.98. The van der Waals surface area contributed by atoms with E-state index in [4.69, 9.17) is 21.1 Å². The summed E-state index contributed by atoms with van der Waals surface area (Å²) in [6, 6.07) is 9.17. The van der Waals surface area contributed by atoms with E-state index in [0.29, 0.717) is 53.4 Å². The number of piperidine rings is 1. The lowest BCUT2D eigenvalue weighted by atomic mass is 9.97. The van der Waals surface area contributed by atoms with E-state index in [1.165, 1.54) is 6.20 Å². The Morgan fingerprint density at radius 1 is 1.29 bits per heavy atom. The third-order valence-corrected chi connectivity index (χ3v) is 5.45. The molecule has 4 rings (SSSR count). The van der Waals surface area contributed by atoms with Crippen molar-refractivity contribution in [1.29, 1.82) is 0 Å². The van der Waals surface area contributed by atoms with Crippen molar-refractivity contribution in [2.75, 3.05) is 26.3 Å². The number of halogens is 1. The maximum absolute atomic E-state index is 12.8. The van der Waals surface area contributed by atoms with Crippen molar-refractivity contribution in [2.45, 2.75) is 19.3 Å². The molecule has 2 aromatic rings. The first-order valence-corrected chi connectivity index (χ1v) is 9.78. The number of aromatic nitrogens is 1. The van der Waals surface area contributed by atoms with Gasteiger partial charge in [-0.2, -0.15) is 0 Å². The van der Waals surface area contributed by atoms with Gasteiger partial charge in [-0.15, -0.1) is 0 Å². The van der Waals surface area contributed by atoms with Gasteiger partial charge in [0, 0.05) is 31.3 Å². The van der Waals surface area contributed by atoms with Crippen LogP contribution in [0, 0.1) is 5.92 Å². The summed E-state index contributed by atoms with van der Waals surface area (Å²) in [4.78, 5) is 30.4. The summed E-state index contributed by atoms with van der Waals surface area (Å²) in [5.41, 5.74) is 1.19. The van der Waals surface area contributed by atoms with Crippen molar-refractivity contribution in [2.24, 2.45) is 5.92 Å². The minimum Gasteiger partial charge on any atom is -0.492 e. The average molecular weight is 401 g/mol. The van der Waals surface area contributed by atoms with Crippen LogP contribution in [0.3, 0.4) is 0 Å². The molecule has 0 bridgehead atoms. The monoisotopic (exact) mass is 400 g/mol. The second-order valence-electron chi connectivity index (χ2n) is 7.17. The molecule has 1 amide bonds. The Morgan fingerprint density at radius 3 is 2.86 bits per heavy atom. The van der Waals surface area contributed by atoms with Gasteiger partial charge in [0.15, 0.2) is 5.78 Å². The van der Waals surface area contributed by atoms with E-state index in [0.717, 1.165) is 12.8 Å². The second kappa shape index (κ2) is 8.19. The lowest BCUT2D eigenvalue weighted by Crippen LogP contribution is -2.39. The summed E-state index contributed by atoms with van der Waals surface area (Å²) in [5, 5.41) is 0.609. The van der Waals surface area contributed by atoms with Gasteiger partial charge in [-0.3, -0.25) is 9.59 Å². The van der Waals surface area contributed by atoms with Crippen LogP contribution < -0.4 is 9.47 Å². The number of amides is 1. The van der Waals surface area contributed by atoms with E-state index in [9.17, 15) is 9.59 Å². The molecule has 0 spiro atoms. The Kier molecular flexibility index (Phi) is 5.48. The van der Waals surface area contributed by atoms with Crippen LogP contribution in [0.5, 0.6) is 11.6 Å². The highest BCUT2D eigenvalue weighted by Crippen LogP contribution is 2.27. The molecule has 1 saturated heterocycles. The standard InChI is InChI=1S/C21H21ClN2O4/c22-18-3-1-2-4-19(18)27-12-14-5-7-24(8-6-14)21(26)16-9-15-10-17(25)13-28-20(15)23-11-16/h1-4,9,11,14H,5-8,10,12-13H2. The van der Waals surface area contributed by atoms with Gasteiger partial charge in [0.25, 0.3) is 5.91 Å². The number of rotatable bonds is 4. The Morgan fingerprint density at radius 2 is 2.07 bits per heavy atom. The fourth-order valence-electron chi connectivity index (χ4n) is 3.54. The number of nitrogens with zero attached hydrogens (tertiary/aromatic N) is 2. The molecule has 6 nitrogen and oxygen atoms in total. The quantitative estimate of drug-likeness (QED) is 0.788. The third kappa shape index (κ3) is 4.12.